The van der Waals surface area contributed by atoms with Gasteiger partial charge >= 0.3 is 0 Å². The van der Waals surface area contributed by atoms with Crippen molar-refractivity contribution in [3.05, 3.63) is 35.5 Å². The molecular formula is C13H15ClN2S. The molecule has 4 heteroatoms. The standard InChI is InChI=1S/C13H15ClN2S/c1-9(2)7-15-13-16-8-12(17-13)10-5-3-4-6-11(10)14/h3-6,8-9H,7H2,1-2H3,(H,15,16). The maximum atomic E-state index is 6.15. The van der Waals surface area contributed by atoms with Crippen molar-refractivity contribution in [3.63, 3.8) is 0 Å². The third-order valence-electron chi connectivity index (χ3n) is 2.31. The zero-order valence-corrected chi connectivity index (χ0v) is 11.5. The lowest BCUT2D eigenvalue weighted by atomic mass is 10.2. The molecule has 2 nitrogen and oxygen atoms in total. The van der Waals surface area contributed by atoms with E-state index in [9.17, 15) is 0 Å². The minimum Gasteiger partial charge on any atom is -0.361 e. The molecule has 0 spiro atoms. The van der Waals surface area contributed by atoms with Gasteiger partial charge in [0.05, 0.1) is 4.88 Å². The van der Waals surface area contributed by atoms with E-state index in [4.69, 9.17) is 11.6 Å². The Labute approximate surface area is 111 Å². The van der Waals surface area contributed by atoms with E-state index in [-0.39, 0.29) is 0 Å². The summed E-state index contributed by atoms with van der Waals surface area (Å²) in [4.78, 5) is 5.45. The third-order valence-corrected chi connectivity index (χ3v) is 3.62. The molecule has 0 unspecified atom stereocenters. The summed E-state index contributed by atoms with van der Waals surface area (Å²) < 4.78 is 0. The largest absolute Gasteiger partial charge is 0.361 e. The lowest BCUT2D eigenvalue weighted by Crippen LogP contribution is -2.07. The van der Waals surface area contributed by atoms with Gasteiger partial charge in [-0.3, -0.25) is 0 Å². The van der Waals surface area contributed by atoms with Gasteiger partial charge in [0.25, 0.3) is 0 Å². The van der Waals surface area contributed by atoms with Crippen molar-refractivity contribution >= 4 is 28.1 Å². The molecule has 0 aliphatic carbocycles. The van der Waals surface area contributed by atoms with Gasteiger partial charge in [0.1, 0.15) is 0 Å². The highest BCUT2D eigenvalue weighted by Crippen LogP contribution is 2.33. The van der Waals surface area contributed by atoms with Crippen LogP contribution in [0.3, 0.4) is 0 Å². The molecule has 0 radical (unpaired) electrons. The normalized spacial score (nSPS) is 10.8. The van der Waals surface area contributed by atoms with Gasteiger partial charge in [-0.1, -0.05) is 55.0 Å². The molecule has 90 valence electrons. The summed E-state index contributed by atoms with van der Waals surface area (Å²) in [5, 5.41) is 5.04. The van der Waals surface area contributed by atoms with E-state index in [1.165, 1.54) is 0 Å². The smallest absolute Gasteiger partial charge is 0.183 e. The maximum absolute atomic E-state index is 6.15. The average molecular weight is 267 g/mol. The zero-order valence-electron chi connectivity index (χ0n) is 9.90. The number of halogens is 1. The first-order valence-corrected chi connectivity index (χ1v) is 6.81. The molecule has 0 amide bonds. The Morgan fingerprint density at radius 3 is 2.82 bits per heavy atom. The van der Waals surface area contributed by atoms with Crippen molar-refractivity contribution in [2.45, 2.75) is 13.8 Å². The second-order valence-electron chi connectivity index (χ2n) is 4.28. The summed E-state index contributed by atoms with van der Waals surface area (Å²) in [5.41, 5.74) is 1.05. The van der Waals surface area contributed by atoms with Crippen LogP contribution in [0.5, 0.6) is 0 Å². The number of thiazole rings is 1. The Hall–Kier alpha value is -1.06. The Balaban J connectivity index is 2.16. The summed E-state index contributed by atoms with van der Waals surface area (Å²) in [7, 11) is 0. The first kappa shape index (κ1) is 12.4. The number of anilines is 1. The van der Waals surface area contributed by atoms with Crippen LogP contribution in [-0.2, 0) is 0 Å². The lowest BCUT2D eigenvalue weighted by molar-refractivity contribution is 0.688. The number of aromatic nitrogens is 1. The highest BCUT2D eigenvalue weighted by atomic mass is 35.5. The lowest BCUT2D eigenvalue weighted by Gasteiger charge is -2.04. The number of benzene rings is 1. The highest BCUT2D eigenvalue weighted by Gasteiger charge is 2.07. The monoisotopic (exact) mass is 266 g/mol. The molecule has 2 aromatic rings. The summed E-state index contributed by atoms with van der Waals surface area (Å²) >= 11 is 7.79. The van der Waals surface area contributed by atoms with Gasteiger partial charge in [0, 0.05) is 23.3 Å². The van der Waals surface area contributed by atoms with Crippen LogP contribution in [-0.4, -0.2) is 11.5 Å². The van der Waals surface area contributed by atoms with E-state index < -0.39 is 0 Å². The number of hydrogen-bond acceptors (Lipinski definition) is 3. The van der Waals surface area contributed by atoms with E-state index in [0.29, 0.717) is 5.92 Å². The van der Waals surface area contributed by atoms with Gasteiger partial charge in [0.15, 0.2) is 5.13 Å². The van der Waals surface area contributed by atoms with Crippen LogP contribution < -0.4 is 5.32 Å². The van der Waals surface area contributed by atoms with Crippen molar-refractivity contribution in [1.29, 1.82) is 0 Å². The number of nitrogens with zero attached hydrogens (tertiary/aromatic N) is 1. The summed E-state index contributed by atoms with van der Waals surface area (Å²) in [5.74, 6) is 0.614. The molecule has 0 aliphatic rings. The van der Waals surface area contributed by atoms with Crippen LogP contribution >= 0.6 is 22.9 Å². The molecule has 0 fully saturated rings. The predicted octanol–water partition coefficient (Wildman–Crippen LogP) is 4.53. The van der Waals surface area contributed by atoms with Crippen molar-refractivity contribution in [1.82, 2.24) is 4.98 Å². The molecule has 0 saturated heterocycles. The highest BCUT2D eigenvalue weighted by molar-refractivity contribution is 7.18. The Morgan fingerprint density at radius 2 is 2.12 bits per heavy atom. The van der Waals surface area contributed by atoms with Crippen molar-refractivity contribution in [2.24, 2.45) is 5.92 Å². The van der Waals surface area contributed by atoms with Gasteiger partial charge < -0.3 is 5.32 Å². The molecule has 1 N–H and O–H groups in total. The van der Waals surface area contributed by atoms with Gasteiger partial charge in [0.2, 0.25) is 0 Å². The minimum atomic E-state index is 0.614. The van der Waals surface area contributed by atoms with Crippen LogP contribution in [0.15, 0.2) is 30.5 Å². The van der Waals surface area contributed by atoms with Crippen LogP contribution in [0.25, 0.3) is 10.4 Å². The Morgan fingerprint density at radius 1 is 1.35 bits per heavy atom. The van der Waals surface area contributed by atoms with Crippen molar-refractivity contribution in [3.8, 4) is 10.4 Å². The molecule has 0 atom stereocenters. The average Bonchev–Trinajstić information content (AvgIpc) is 2.75. The van der Waals surface area contributed by atoms with Crippen LogP contribution in [0.2, 0.25) is 5.02 Å². The fourth-order valence-corrected chi connectivity index (χ4v) is 2.59. The van der Waals surface area contributed by atoms with Crippen LogP contribution in [0.1, 0.15) is 13.8 Å². The van der Waals surface area contributed by atoms with Crippen LogP contribution in [0.4, 0.5) is 5.13 Å². The molecule has 2 rings (SSSR count). The molecule has 1 aromatic carbocycles. The van der Waals surface area contributed by atoms with E-state index in [1.807, 2.05) is 30.5 Å². The molecular weight excluding hydrogens is 252 g/mol. The summed E-state index contributed by atoms with van der Waals surface area (Å²) in [6.45, 7) is 5.29. The second kappa shape index (κ2) is 5.52. The van der Waals surface area contributed by atoms with Gasteiger partial charge in [-0.2, -0.15) is 0 Å². The van der Waals surface area contributed by atoms with Gasteiger partial charge in [-0.05, 0) is 12.0 Å². The fourth-order valence-electron chi connectivity index (χ4n) is 1.43. The van der Waals surface area contributed by atoms with E-state index in [2.05, 4.69) is 24.1 Å². The SMILES string of the molecule is CC(C)CNc1ncc(-c2ccccc2Cl)s1. The zero-order chi connectivity index (χ0) is 12.3. The molecule has 1 heterocycles. The molecule has 0 aliphatic heterocycles. The second-order valence-corrected chi connectivity index (χ2v) is 5.72. The van der Waals surface area contributed by atoms with Crippen molar-refractivity contribution < 1.29 is 0 Å². The third kappa shape index (κ3) is 3.20. The first-order valence-electron chi connectivity index (χ1n) is 5.61. The predicted molar refractivity (Wildman–Crippen MR) is 75.9 cm³/mol. The van der Waals surface area contributed by atoms with Crippen LogP contribution in [0, 0.1) is 5.92 Å². The number of nitrogens with one attached hydrogen (secondary N) is 1. The Kier molecular flexibility index (Phi) is 4.02. The van der Waals surface area contributed by atoms with E-state index in [0.717, 1.165) is 27.1 Å². The minimum absolute atomic E-state index is 0.614. The Bertz CT molecular complexity index is 494. The van der Waals surface area contributed by atoms with Crippen molar-refractivity contribution in [2.75, 3.05) is 11.9 Å². The molecule has 0 bridgehead atoms. The van der Waals surface area contributed by atoms with Gasteiger partial charge in [-0.25, -0.2) is 4.98 Å². The summed E-state index contributed by atoms with van der Waals surface area (Å²) in [6, 6.07) is 7.84. The number of rotatable bonds is 4. The quantitative estimate of drug-likeness (QED) is 0.879. The maximum Gasteiger partial charge on any atom is 0.183 e. The topological polar surface area (TPSA) is 24.9 Å². The molecule has 1 aromatic heterocycles. The molecule has 17 heavy (non-hydrogen) atoms. The van der Waals surface area contributed by atoms with Gasteiger partial charge in [-0.15, -0.1) is 0 Å². The van der Waals surface area contributed by atoms with E-state index in [1.54, 1.807) is 11.3 Å². The van der Waals surface area contributed by atoms with E-state index >= 15 is 0 Å². The fraction of sp³-hybridized carbons (Fsp3) is 0.308. The molecule has 0 saturated carbocycles. The first-order chi connectivity index (χ1) is 8.16. The summed E-state index contributed by atoms with van der Waals surface area (Å²) in [6.07, 6.45) is 1.87. The number of hydrogen-bond donors (Lipinski definition) is 1.